The van der Waals surface area contributed by atoms with Gasteiger partial charge in [0.25, 0.3) is 0 Å². The van der Waals surface area contributed by atoms with Gasteiger partial charge in [0.2, 0.25) is 5.91 Å². The number of rotatable bonds is 8. The maximum atomic E-state index is 11.9. The molecule has 0 aliphatic carbocycles. The van der Waals surface area contributed by atoms with Crippen molar-refractivity contribution in [2.24, 2.45) is 10.9 Å². The zero-order valence-corrected chi connectivity index (χ0v) is 17.8. The molecule has 2 aliphatic rings. The van der Waals surface area contributed by atoms with E-state index in [1.807, 2.05) is 0 Å². The lowest BCUT2D eigenvalue weighted by atomic mass is 10.1. The molecule has 1 aromatic carbocycles. The van der Waals surface area contributed by atoms with Crippen molar-refractivity contribution in [2.45, 2.75) is 32.4 Å². The second-order valence-corrected chi connectivity index (χ2v) is 8.22. The standard InChI is InChI=1S/C22H35N5O2/c1-26(2)21(28)15-25-22(24-14-20-9-12-29-17-20)23-13-18-5-7-19(8-6-18)16-27-10-3-4-11-27/h5-8,20H,3-4,9-17H2,1-2H3,(H2,23,24,25). The summed E-state index contributed by atoms with van der Waals surface area (Å²) < 4.78 is 5.44. The van der Waals surface area contributed by atoms with Gasteiger partial charge in [-0.2, -0.15) is 0 Å². The van der Waals surface area contributed by atoms with E-state index in [0.29, 0.717) is 18.4 Å². The lowest BCUT2D eigenvalue weighted by molar-refractivity contribution is -0.127. The highest BCUT2D eigenvalue weighted by atomic mass is 16.5. The molecular formula is C22H35N5O2. The SMILES string of the molecule is CN(C)C(=O)CNC(=NCc1ccc(CN2CCCC2)cc1)NCC1CCOC1. The summed E-state index contributed by atoms with van der Waals surface area (Å²) in [5, 5.41) is 6.52. The minimum absolute atomic E-state index is 0.0231. The molecule has 7 nitrogen and oxygen atoms in total. The number of likely N-dealkylation sites (tertiary alicyclic amines) is 1. The van der Waals surface area contributed by atoms with Crippen LogP contribution in [0.1, 0.15) is 30.4 Å². The third-order valence-corrected chi connectivity index (χ3v) is 5.54. The molecule has 1 aromatic rings. The average molecular weight is 402 g/mol. The van der Waals surface area contributed by atoms with E-state index in [-0.39, 0.29) is 12.5 Å². The Morgan fingerprint density at radius 3 is 2.55 bits per heavy atom. The number of aliphatic imine (C=N–C) groups is 1. The minimum Gasteiger partial charge on any atom is -0.381 e. The quantitative estimate of drug-likeness (QED) is 0.510. The number of nitrogens with one attached hydrogen (secondary N) is 2. The van der Waals surface area contributed by atoms with E-state index < -0.39 is 0 Å². The highest BCUT2D eigenvalue weighted by molar-refractivity contribution is 5.86. The van der Waals surface area contributed by atoms with Crippen molar-refractivity contribution < 1.29 is 9.53 Å². The molecule has 2 aliphatic heterocycles. The number of hydrogen-bond donors (Lipinski definition) is 2. The normalized spacial score (nSPS) is 20.1. The maximum absolute atomic E-state index is 11.9. The Balaban J connectivity index is 1.53. The Morgan fingerprint density at radius 1 is 1.17 bits per heavy atom. The topological polar surface area (TPSA) is 69.2 Å². The van der Waals surface area contributed by atoms with Crippen LogP contribution in [0.15, 0.2) is 29.3 Å². The molecule has 3 rings (SSSR count). The summed E-state index contributed by atoms with van der Waals surface area (Å²) in [4.78, 5) is 20.7. The van der Waals surface area contributed by atoms with E-state index in [1.165, 1.54) is 37.1 Å². The van der Waals surface area contributed by atoms with E-state index in [0.717, 1.165) is 32.7 Å². The van der Waals surface area contributed by atoms with Gasteiger partial charge >= 0.3 is 0 Å². The molecule has 1 amide bonds. The molecule has 2 N–H and O–H groups in total. The molecule has 0 aromatic heterocycles. The fraction of sp³-hybridized carbons (Fsp3) is 0.636. The van der Waals surface area contributed by atoms with Crippen LogP contribution in [0.25, 0.3) is 0 Å². The Hall–Kier alpha value is -2.12. The summed E-state index contributed by atoms with van der Waals surface area (Å²) in [5.74, 6) is 1.19. The Bertz CT molecular complexity index is 662. The number of likely N-dealkylation sites (N-methyl/N-ethyl adjacent to an activating group) is 1. The zero-order chi connectivity index (χ0) is 20.5. The van der Waals surface area contributed by atoms with Crippen LogP contribution in [0.2, 0.25) is 0 Å². The van der Waals surface area contributed by atoms with E-state index in [2.05, 4.69) is 39.8 Å². The van der Waals surface area contributed by atoms with Crippen molar-refractivity contribution in [3.05, 3.63) is 35.4 Å². The van der Waals surface area contributed by atoms with E-state index in [1.54, 1.807) is 19.0 Å². The Kier molecular flexibility index (Phi) is 8.31. The first-order valence-electron chi connectivity index (χ1n) is 10.7. The predicted octanol–water partition coefficient (Wildman–Crippen LogP) is 1.44. The summed E-state index contributed by atoms with van der Waals surface area (Å²) in [5.41, 5.74) is 2.52. The van der Waals surface area contributed by atoms with Crippen molar-refractivity contribution >= 4 is 11.9 Å². The monoisotopic (exact) mass is 401 g/mol. The largest absolute Gasteiger partial charge is 0.381 e. The predicted molar refractivity (Wildman–Crippen MR) is 116 cm³/mol. The van der Waals surface area contributed by atoms with Crippen molar-refractivity contribution in [3.8, 4) is 0 Å². The maximum Gasteiger partial charge on any atom is 0.241 e. The number of nitrogens with zero attached hydrogens (tertiary/aromatic N) is 3. The third-order valence-electron chi connectivity index (χ3n) is 5.54. The molecule has 2 heterocycles. The summed E-state index contributed by atoms with van der Waals surface area (Å²) >= 11 is 0. The van der Waals surface area contributed by atoms with Gasteiger partial charge in [0, 0.05) is 39.7 Å². The second kappa shape index (κ2) is 11.2. The van der Waals surface area contributed by atoms with Gasteiger partial charge in [0.15, 0.2) is 5.96 Å². The number of hydrogen-bond acceptors (Lipinski definition) is 4. The number of carbonyl (C=O) groups excluding carboxylic acids is 1. The zero-order valence-electron chi connectivity index (χ0n) is 17.8. The number of amides is 1. The lowest BCUT2D eigenvalue weighted by Crippen LogP contribution is -2.44. The van der Waals surface area contributed by atoms with Gasteiger partial charge in [0.05, 0.1) is 19.7 Å². The van der Waals surface area contributed by atoms with Crippen LogP contribution in [-0.2, 0) is 22.6 Å². The molecule has 0 radical (unpaired) electrons. The number of ether oxygens (including phenoxy) is 1. The molecule has 2 saturated heterocycles. The lowest BCUT2D eigenvalue weighted by Gasteiger charge is -2.17. The van der Waals surface area contributed by atoms with E-state index >= 15 is 0 Å². The van der Waals surface area contributed by atoms with Crippen molar-refractivity contribution in [1.82, 2.24) is 20.4 Å². The van der Waals surface area contributed by atoms with Gasteiger partial charge in [0.1, 0.15) is 0 Å². The van der Waals surface area contributed by atoms with Crippen LogP contribution in [0, 0.1) is 5.92 Å². The van der Waals surface area contributed by atoms with Crippen molar-refractivity contribution in [2.75, 3.05) is 53.5 Å². The summed E-state index contributed by atoms with van der Waals surface area (Å²) in [6, 6.07) is 8.72. The van der Waals surface area contributed by atoms with E-state index in [9.17, 15) is 4.79 Å². The number of carbonyl (C=O) groups is 1. The second-order valence-electron chi connectivity index (χ2n) is 8.22. The van der Waals surface area contributed by atoms with Gasteiger partial charge in [-0.15, -0.1) is 0 Å². The fourth-order valence-corrected chi connectivity index (χ4v) is 3.60. The van der Waals surface area contributed by atoms with E-state index in [4.69, 9.17) is 9.73 Å². The van der Waals surface area contributed by atoms with Gasteiger partial charge < -0.3 is 20.3 Å². The van der Waals surface area contributed by atoms with Crippen molar-refractivity contribution in [3.63, 3.8) is 0 Å². The molecular weight excluding hydrogens is 366 g/mol. The molecule has 0 bridgehead atoms. The molecule has 1 atom stereocenters. The van der Waals surface area contributed by atoms with Gasteiger partial charge in [-0.3, -0.25) is 9.69 Å². The average Bonchev–Trinajstić information content (AvgIpc) is 3.42. The summed E-state index contributed by atoms with van der Waals surface area (Å²) in [6.45, 7) is 6.69. The molecule has 0 saturated carbocycles. The highest BCUT2D eigenvalue weighted by Crippen LogP contribution is 2.14. The Morgan fingerprint density at radius 2 is 1.90 bits per heavy atom. The third kappa shape index (κ3) is 7.33. The first-order valence-corrected chi connectivity index (χ1v) is 10.7. The first kappa shape index (κ1) is 21.6. The fourth-order valence-electron chi connectivity index (χ4n) is 3.60. The Labute approximate surface area is 174 Å². The number of guanidine groups is 1. The van der Waals surface area contributed by atoms with Gasteiger partial charge in [-0.1, -0.05) is 24.3 Å². The molecule has 160 valence electrons. The van der Waals surface area contributed by atoms with Crippen LogP contribution < -0.4 is 10.6 Å². The first-order chi connectivity index (χ1) is 14.1. The highest BCUT2D eigenvalue weighted by Gasteiger charge is 2.16. The molecule has 2 fully saturated rings. The van der Waals surface area contributed by atoms with Crippen LogP contribution in [0.4, 0.5) is 0 Å². The molecule has 7 heteroatoms. The van der Waals surface area contributed by atoms with Crippen molar-refractivity contribution in [1.29, 1.82) is 0 Å². The van der Waals surface area contributed by atoms with Crippen LogP contribution in [0.5, 0.6) is 0 Å². The molecule has 0 spiro atoms. The molecule has 29 heavy (non-hydrogen) atoms. The van der Waals surface area contributed by atoms with Crippen LogP contribution in [-0.4, -0.2) is 75.2 Å². The summed E-state index contributed by atoms with van der Waals surface area (Å²) in [6.07, 6.45) is 3.70. The minimum atomic E-state index is 0.0231. The van der Waals surface area contributed by atoms with Crippen LogP contribution >= 0.6 is 0 Å². The number of benzene rings is 1. The van der Waals surface area contributed by atoms with Crippen LogP contribution in [0.3, 0.4) is 0 Å². The van der Waals surface area contributed by atoms with Gasteiger partial charge in [-0.25, -0.2) is 4.99 Å². The van der Waals surface area contributed by atoms with Gasteiger partial charge in [-0.05, 0) is 43.5 Å². The molecule has 1 unspecified atom stereocenters. The summed E-state index contributed by atoms with van der Waals surface area (Å²) in [7, 11) is 3.52. The smallest absolute Gasteiger partial charge is 0.241 e.